The third-order valence-corrected chi connectivity index (χ3v) is 3.15. The van der Waals surface area contributed by atoms with E-state index in [4.69, 9.17) is 4.74 Å². The lowest BCUT2D eigenvalue weighted by atomic mass is 10.0. The monoisotopic (exact) mass is 274 g/mol. The molecule has 0 amide bonds. The molecule has 5 heteroatoms. The van der Waals surface area contributed by atoms with E-state index in [0.29, 0.717) is 19.1 Å². The average Bonchev–Trinajstić information content (AvgIpc) is 2.92. The van der Waals surface area contributed by atoms with Gasteiger partial charge in [0, 0.05) is 20.2 Å². The molecule has 1 aromatic carbocycles. The predicted molar refractivity (Wildman–Crippen MR) is 79.0 cm³/mol. The van der Waals surface area contributed by atoms with Crippen molar-refractivity contribution in [1.29, 1.82) is 0 Å². The molecule has 1 N–H and O–H groups in total. The number of hydrogen-bond donors (Lipinski definition) is 1. The summed E-state index contributed by atoms with van der Waals surface area (Å²) in [6.45, 7) is 6.59. The lowest BCUT2D eigenvalue weighted by molar-refractivity contribution is 0.199. The molecule has 0 unspecified atom stereocenters. The summed E-state index contributed by atoms with van der Waals surface area (Å²) in [6.07, 6.45) is 1.95. The molecular formula is C15H22N4O. The van der Waals surface area contributed by atoms with Crippen molar-refractivity contribution in [1.82, 2.24) is 20.3 Å². The van der Waals surface area contributed by atoms with Crippen LogP contribution >= 0.6 is 0 Å². The van der Waals surface area contributed by atoms with Crippen molar-refractivity contribution < 1.29 is 4.74 Å². The maximum absolute atomic E-state index is 4.98. The standard InChI is InChI=1S/C15H22N4O/c1-12(2)13-4-6-15(7-5-13)19-11-14(17-18-19)10-16-8-9-20-3/h4-7,11-12,16H,8-10H2,1-3H3. The first-order chi connectivity index (χ1) is 9.70. The van der Waals surface area contributed by atoms with Gasteiger partial charge in [-0.1, -0.05) is 31.2 Å². The highest BCUT2D eigenvalue weighted by molar-refractivity contribution is 5.34. The number of rotatable bonds is 7. The molecule has 2 aromatic rings. The Labute approximate surface area is 120 Å². The Morgan fingerprint density at radius 2 is 2.00 bits per heavy atom. The van der Waals surface area contributed by atoms with Gasteiger partial charge in [0.25, 0.3) is 0 Å². The van der Waals surface area contributed by atoms with E-state index >= 15 is 0 Å². The summed E-state index contributed by atoms with van der Waals surface area (Å²) in [6, 6.07) is 8.43. The van der Waals surface area contributed by atoms with E-state index in [2.05, 4.69) is 53.7 Å². The molecular weight excluding hydrogens is 252 g/mol. The van der Waals surface area contributed by atoms with Gasteiger partial charge in [-0.05, 0) is 23.6 Å². The normalized spacial score (nSPS) is 11.2. The van der Waals surface area contributed by atoms with Gasteiger partial charge in [0.2, 0.25) is 0 Å². The average molecular weight is 274 g/mol. The number of hydrogen-bond acceptors (Lipinski definition) is 4. The van der Waals surface area contributed by atoms with Gasteiger partial charge in [0.05, 0.1) is 24.2 Å². The van der Waals surface area contributed by atoms with Gasteiger partial charge in [-0.25, -0.2) is 4.68 Å². The van der Waals surface area contributed by atoms with Gasteiger partial charge in [-0.3, -0.25) is 0 Å². The Morgan fingerprint density at radius 3 is 2.65 bits per heavy atom. The molecule has 0 aliphatic heterocycles. The van der Waals surface area contributed by atoms with Crippen LogP contribution in [0.5, 0.6) is 0 Å². The van der Waals surface area contributed by atoms with Crippen molar-refractivity contribution >= 4 is 0 Å². The molecule has 0 atom stereocenters. The first-order valence-corrected chi connectivity index (χ1v) is 6.92. The number of aromatic nitrogens is 3. The highest BCUT2D eigenvalue weighted by Crippen LogP contribution is 2.16. The van der Waals surface area contributed by atoms with Crippen LogP contribution in [0.2, 0.25) is 0 Å². The second kappa shape index (κ2) is 7.17. The van der Waals surface area contributed by atoms with E-state index in [-0.39, 0.29) is 0 Å². The summed E-state index contributed by atoms with van der Waals surface area (Å²) in [5.74, 6) is 0.542. The third kappa shape index (κ3) is 3.88. The fourth-order valence-electron chi connectivity index (χ4n) is 1.91. The predicted octanol–water partition coefficient (Wildman–Crippen LogP) is 2.13. The largest absolute Gasteiger partial charge is 0.383 e. The Bertz CT molecular complexity index is 519. The zero-order chi connectivity index (χ0) is 14.4. The fourth-order valence-corrected chi connectivity index (χ4v) is 1.91. The minimum atomic E-state index is 0.542. The summed E-state index contributed by atoms with van der Waals surface area (Å²) in [5, 5.41) is 11.6. The van der Waals surface area contributed by atoms with E-state index < -0.39 is 0 Å². The minimum absolute atomic E-state index is 0.542. The van der Waals surface area contributed by atoms with Crippen LogP contribution in [0, 0.1) is 0 Å². The number of benzene rings is 1. The van der Waals surface area contributed by atoms with E-state index in [1.54, 1.807) is 11.8 Å². The van der Waals surface area contributed by atoms with E-state index in [1.165, 1.54) is 5.56 Å². The summed E-state index contributed by atoms with van der Waals surface area (Å²) >= 11 is 0. The second-order valence-electron chi connectivity index (χ2n) is 5.07. The van der Waals surface area contributed by atoms with Crippen LogP contribution in [0.3, 0.4) is 0 Å². The summed E-state index contributed by atoms with van der Waals surface area (Å²) in [4.78, 5) is 0. The first-order valence-electron chi connectivity index (χ1n) is 6.92. The maximum atomic E-state index is 4.98. The smallest absolute Gasteiger partial charge is 0.0969 e. The van der Waals surface area contributed by atoms with Crippen molar-refractivity contribution in [3.05, 3.63) is 41.7 Å². The molecule has 0 radical (unpaired) electrons. The van der Waals surface area contributed by atoms with Gasteiger partial charge >= 0.3 is 0 Å². The van der Waals surface area contributed by atoms with Crippen LogP contribution in [0.4, 0.5) is 0 Å². The summed E-state index contributed by atoms with van der Waals surface area (Å²) < 4.78 is 6.78. The summed E-state index contributed by atoms with van der Waals surface area (Å²) in [7, 11) is 1.69. The third-order valence-electron chi connectivity index (χ3n) is 3.15. The van der Waals surface area contributed by atoms with Crippen molar-refractivity contribution in [2.75, 3.05) is 20.3 Å². The van der Waals surface area contributed by atoms with Gasteiger partial charge in [-0.15, -0.1) is 5.10 Å². The van der Waals surface area contributed by atoms with Crippen molar-refractivity contribution in [3.63, 3.8) is 0 Å². The molecule has 108 valence electrons. The molecule has 0 spiro atoms. The number of nitrogens with zero attached hydrogens (tertiary/aromatic N) is 3. The molecule has 20 heavy (non-hydrogen) atoms. The Balaban J connectivity index is 1.97. The number of ether oxygens (including phenoxy) is 1. The lowest BCUT2D eigenvalue weighted by Crippen LogP contribution is -2.18. The first kappa shape index (κ1) is 14.7. The van der Waals surface area contributed by atoms with Crippen LogP contribution in [0.25, 0.3) is 5.69 Å². The van der Waals surface area contributed by atoms with Crippen LogP contribution < -0.4 is 5.32 Å². The maximum Gasteiger partial charge on any atom is 0.0969 e. The Hall–Kier alpha value is -1.72. The quantitative estimate of drug-likeness (QED) is 0.786. The highest BCUT2D eigenvalue weighted by atomic mass is 16.5. The zero-order valence-electron chi connectivity index (χ0n) is 12.3. The van der Waals surface area contributed by atoms with Crippen LogP contribution in [-0.2, 0) is 11.3 Å². The molecule has 0 saturated heterocycles. The van der Waals surface area contributed by atoms with Gasteiger partial charge in [-0.2, -0.15) is 0 Å². The second-order valence-corrected chi connectivity index (χ2v) is 5.07. The van der Waals surface area contributed by atoms with E-state index in [9.17, 15) is 0 Å². The van der Waals surface area contributed by atoms with Crippen LogP contribution in [-0.4, -0.2) is 35.3 Å². The van der Waals surface area contributed by atoms with Crippen molar-refractivity contribution in [3.8, 4) is 5.69 Å². The van der Waals surface area contributed by atoms with Gasteiger partial charge in [0.15, 0.2) is 0 Å². The number of methoxy groups -OCH3 is 1. The molecule has 0 aliphatic carbocycles. The fraction of sp³-hybridized carbons (Fsp3) is 0.467. The molecule has 0 fully saturated rings. The molecule has 2 rings (SSSR count). The Kier molecular flexibility index (Phi) is 5.26. The lowest BCUT2D eigenvalue weighted by Gasteiger charge is -2.06. The molecule has 0 saturated carbocycles. The summed E-state index contributed by atoms with van der Waals surface area (Å²) in [5.41, 5.74) is 3.29. The van der Waals surface area contributed by atoms with E-state index in [0.717, 1.165) is 17.9 Å². The Morgan fingerprint density at radius 1 is 1.25 bits per heavy atom. The topological polar surface area (TPSA) is 52.0 Å². The van der Waals surface area contributed by atoms with Crippen LogP contribution in [0.1, 0.15) is 31.0 Å². The molecule has 5 nitrogen and oxygen atoms in total. The van der Waals surface area contributed by atoms with Crippen molar-refractivity contribution in [2.45, 2.75) is 26.3 Å². The minimum Gasteiger partial charge on any atom is -0.383 e. The molecule has 1 aromatic heterocycles. The number of nitrogens with one attached hydrogen (secondary N) is 1. The van der Waals surface area contributed by atoms with Gasteiger partial charge in [0.1, 0.15) is 0 Å². The molecule has 0 aliphatic rings. The van der Waals surface area contributed by atoms with Gasteiger partial charge < -0.3 is 10.1 Å². The van der Waals surface area contributed by atoms with Crippen molar-refractivity contribution in [2.24, 2.45) is 0 Å². The highest BCUT2D eigenvalue weighted by Gasteiger charge is 2.04. The molecule has 1 heterocycles. The zero-order valence-corrected chi connectivity index (χ0v) is 12.3. The van der Waals surface area contributed by atoms with Crippen LogP contribution in [0.15, 0.2) is 30.5 Å². The SMILES string of the molecule is COCCNCc1cn(-c2ccc(C(C)C)cc2)nn1. The molecule has 0 bridgehead atoms. The van der Waals surface area contributed by atoms with E-state index in [1.807, 2.05) is 6.20 Å².